The van der Waals surface area contributed by atoms with Crippen molar-refractivity contribution >= 4 is 11.7 Å². The summed E-state index contributed by atoms with van der Waals surface area (Å²) in [6.45, 7) is 8.75. The molecule has 98 valence electrons. The first-order valence-corrected chi connectivity index (χ1v) is 5.89. The fourth-order valence-corrected chi connectivity index (χ4v) is 2.23. The van der Waals surface area contributed by atoms with Crippen LogP contribution in [0.15, 0.2) is 4.99 Å². The molecule has 1 rings (SSSR count). The van der Waals surface area contributed by atoms with E-state index < -0.39 is 0 Å². The molecule has 0 aromatic rings. The van der Waals surface area contributed by atoms with E-state index in [1.165, 1.54) is 0 Å². The maximum atomic E-state index is 11.4. The molecule has 0 unspecified atom stereocenters. The van der Waals surface area contributed by atoms with Gasteiger partial charge in [0.15, 0.2) is 0 Å². The number of amidine groups is 1. The maximum absolute atomic E-state index is 11.4. The molecule has 5 heteroatoms. The van der Waals surface area contributed by atoms with Crippen molar-refractivity contribution in [3.8, 4) is 0 Å². The summed E-state index contributed by atoms with van der Waals surface area (Å²) in [4.78, 5) is 20.3. The first-order valence-electron chi connectivity index (χ1n) is 5.89. The van der Waals surface area contributed by atoms with Gasteiger partial charge in [0.05, 0.1) is 12.1 Å². The summed E-state index contributed by atoms with van der Waals surface area (Å²) in [7, 11) is 5.61. The number of rotatable bonds is 2. The maximum Gasteiger partial charge on any atom is 0.239 e. The van der Waals surface area contributed by atoms with Gasteiger partial charge < -0.3 is 10.2 Å². The standard InChI is InChI=1S/C12H24N4O/c1-11(2)10(14-12(3,4)16(11)7)15(6)8-9(17)13-5/h8H2,1-7H3,(H,13,17). The highest BCUT2D eigenvalue weighted by atomic mass is 16.1. The third-order valence-electron chi connectivity index (χ3n) is 3.61. The molecule has 0 aromatic carbocycles. The van der Waals surface area contributed by atoms with Crippen molar-refractivity contribution in [3.63, 3.8) is 0 Å². The van der Waals surface area contributed by atoms with Gasteiger partial charge in [-0.1, -0.05) is 0 Å². The zero-order chi connectivity index (χ0) is 13.4. The van der Waals surface area contributed by atoms with Gasteiger partial charge in [-0.15, -0.1) is 0 Å². The van der Waals surface area contributed by atoms with Crippen molar-refractivity contribution in [2.75, 3.05) is 27.7 Å². The molecule has 0 saturated carbocycles. The minimum Gasteiger partial charge on any atom is -0.358 e. The van der Waals surface area contributed by atoms with Gasteiger partial charge in [0, 0.05) is 14.1 Å². The number of carbonyl (C=O) groups is 1. The minimum absolute atomic E-state index is 0.00152. The van der Waals surface area contributed by atoms with Crippen molar-refractivity contribution in [1.29, 1.82) is 0 Å². The van der Waals surface area contributed by atoms with Gasteiger partial charge in [-0.25, -0.2) is 4.99 Å². The first kappa shape index (κ1) is 14.0. The van der Waals surface area contributed by atoms with Crippen LogP contribution in [-0.4, -0.2) is 60.4 Å². The Morgan fingerprint density at radius 1 is 1.41 bits per heavy atom. The molecule has 0 bridgehead atoms. The number of aliphatic imine (C=N–C) groups is 1. The van der Waals surface area contributed by atoms with E-state index in [9.17, 15) is 4.79 Å². The molecule has 0 atom stereocenters. The number of nitrogens with zero attached hydrogens (tertiary/aromatic N) is 3. The number of carbonyl (C=O) groups excluding carboxylic acids is 1. The third kappa shape index (κ3) is 2.44. The van der Waals surface area contributed by atoms with Crippen molar-refractivity contribution in [2.24, 2.45) is 4.99 Å². The van der Waals surface area contributed by atoms with Gasteiger partial charge in [0.1, 0.15) is 11.5 Å². The number of hydrogen-bond acceptors (Lipinski definition) is 4. The van der Waals surface area contributed by atoms with Crippen LogP contribution in [0.4, 0.5) is 0 Å². The molecule has 0 spiro atoms. The normalized spacial score (nSPS) is 22.2. The molecule has 1 aliphatic heterocycles. The SMILES string of the molecule is CNC(=O)CN(C)C1=NC(C)(C)N(C)C1(C)C. The lowest BCUT2D eigenvalue weighted by atomic mass is 10.0. The molecule has 0 radical (unpaired) electrons. The van der Waals surface area contributed by atoms with Crippen LogP contribution in [-0.2, 0) is 4.79 Å². The van der Waals surface area contributed by atoms with Crippen LogP contribution >= 0.6 is 0 Å². The second kappa shape index (κ2) is 4.29. The third-order valence-corrected chi connectivity index (χ3v) is 3.61. The zero-order valence-electron chi connectivity index (χ0n) is 12.0. The highest BCUT2D eigenvalue weighted by molar-refractivity contribution is 5.95. The van der Waals surface area contributed by atoms with Gasteiger partial charge in [0.2, 0.25) is 5.91 Å². The van der Waals surface area contributed by atoms with E-state index in [2.05, 4.69) is 45.0 Å². The van der Waals surface area contributed by atoms with E-state index in [0.29, 0.717) is 6.54 Å². The summed E-state index contributed by atoms with van der Waals surface area (Å²) in [6.07, 6.45) is 0. The smallest absolute Gasteiger partial charge is 0.239 e. The summed E-state index contributed by atoms with van der Waals surface area (Å²) in [6, 6.07) is 0. The fourth-order valence-electron chi connectivity index (χ4n) is 2.23. The van der Waals surface area contributed by atoms with E-state index in [4.69, 9.17) is 4.99 Å². The van der Waals surface area contributed by atoms with Crippen LogP contribution < -0.4 is 5.32 Å². The van der Waals surface area contributed by atoms with E-state index in [1.807, 2.05) is 11.9 Å². The fraction of sp³-hybridized carbons (Fsp3) is 0.833. The zero-order valence-corrected chi connectivity index (χ0v) is 12.0. The topological polar surface area (TPSA) is 47.9 Å². The average molecular weight is 240 g/mol. The van der Waals surface area contributed by atoms with Gasteiger partial charge in [-0.05, 0) is 34.7 Å². The predicted molar refractivity (Wildman–Crippen MR) is 70.1 cm³/mol. The molecule has 17 heavy (non-hydrogen) atoms. The Kier molecular flexibility index (Phi) is 3.52. The van der Waals surface area contributed by atoms with Crippen molar-refractivity contribution in [3.05, 3.63) is 0 Å². The highest BCUT2D eigenvalue weighted by Crippen LogP contribution is 2.33. The lowest BCUT2D eigenvalue weighted by Gasteiger charge is -2.37. The molecule has 1 N–H and O–H groups in total. The number of nitrogens with one attached hydrogen (secondary N) is 1. The average Bonchev–Trinajstić information content (AvgIpc) is 2.39. The summed E-state index contributed by atoms with van der Waals surface area (Å²) in [5.74, 6) is 0.951. The number of hydrogen-bond donors (Lipinski definition) is 1. The molecule has 1 aliphatic rings. The number of likely N-dealkylation sites (N-methyl/N-ethyl adjacent to an activating group) is 3. The van der Waals surface area contributed by atoms with E-state index in [1.54, 1.807) is 7.05 Å². The van der Waals surface area contributed by atoms with Crippen molar-refractivity contribution < 1.29 is 4.79 Å². The Morgan fingerprint density at radius 3 is 2.29 bits per heavy atom. The summed E-state index contributed by atoms with van der Waals surface area (Å²) in [5, 5.41) is 2.63. The molecule has 0 fully saturated rings. The summed E-state index contributed by atoms with van der Waals surface area (Å²) < 4.78 is 0. The lowest BCUT2D eigenvalue weighted by Crippen LogP contribution is -2.53. The molecule has 5 nitrogen and oxygen atoms in total. The molecule has 0 aromatic heterocycles. The summed E-state index contributed by atoms with van der Waals surface area (Å²) in [5.41, 5.74) is -0.387. The Morgan fingerprint density at radius 2 is 1.94 bits per heavy atom. The van der Waals surface area contributed by atoms with Crippen LogP contribution in [0, 0.1) is 0 Å². The Labute approximate surface area is 104 Å². The monoisotopic (exact) mass is 240 g/mol. The Balaban J connectivity index is 2.94. The van der Waals surface area contributed by atoms with E-state index in [-0.39, 0.29) is 17.1 Å². The second-order valence-corrected chi connectivity index (χ2v) is 5.58. The molecule has 1 amide bonds. The molecule has 0 aliphatic carbocycles. The molecule has 0 saturated heterocycles. The highest BCUT2D eigenvalue weighted by Gasteiger charge is 2.46. The summed E-state index contributed by atoms with van der Waals surface area (Å²) >= 11 is 0. The van der Waals surface area contributed by atoms with Crippen LogP contribution in [0.5, 0.6) is 0 Å². The van der Waals surface area contributed by atoms with Crippen LogP contribution in [0.2, 0.25) is 0 Å². The Bertz CT molecular complexity index is 346. The first-order chi connectivity index (χ1) is 7.63. The predicted octanol–water partition coefficient (Wildman–Crippen LogP) is 0.523. The Hall–Kier alpha value is -1.10. The van der Waals surface area contributed by atoms with Gasteiger partial charge in [0.25, 0.3) is 0 Å². The molecule has 1 heterocycles. The van der Waals surface area contributed by atoms with Crippen LogP contribution in [0.1, 0.15) is 27.7 Å². The number of amides is 1. The largest absolute Gasteiger partial charge is 0.358 e. The minimum atomic E-state index is -0.226. The van der Waals surface area contributed by atoms with Gasteiger partial charge in [-0.2, -0.15) is 0 Å². The lowest BCUT2D eigenvalue weighted by molar-refractivity contribution is -0.120. The quantitative estimate of drug-likeness (QED) is 0.765. The second-order valence-electron chi connectivity index (χ2n) is 5.58. The van der Waals surface area contributed by atoms with Crippen LogP contribution in [0.25, 0.3) is 0 Å². The molecular formula is C12H24N4O. The van der Waals surface area contributed by atoms with E-state index >= 15 is 0 Å². The van der Waals surface area contributed by atoms with Gasteiger partial charge in [-0.3, -0.25) is 9.69 Å². The van der Waals surface area contributed by atoms with Crippen molar-refractivity contribution in [2.45, 2.75) is 38.9 Å². The van der Waals surface area contributed by atoms with Gasteiger partial charge >= 0.3 is 0 Å². The van der Waals surface area contributed by atoms with Crippen LogP contribution in [0.3, 0.4) is 0 Å². The van der Waals surface area contributed by atoms with Crippen molar-refractivity contribution in [1.82, 2.24) is 15.1 Å². The van der Waals surface area contributed by atoms with E-state index in [0.717, 1.165) is 5.84 Å². The molecular weight excluding hydrogens is 216 g/mol.